The van der Waals surface area contributed by atoms with Crippen molar-refractivity contribution in [2.45, 2.75) is 6.92 Å². The summed E-state index contributed by atoms with van der Waals surface area (Å²) in [4.78, 5) is 6.06. The molecule has 2 N–H and O–H groups in total. The van der Waals surface area contributed by atoms with E-state index in [0.717, 1.165) is 12.4 Å². The van der Waals surface area contributed by atoms with Crippen LogP contribution in [0.15, 0.2) is 12.1 Å². The molecule has 0 spiro atoms. The van der Waals surface area contributed by atoms with E-state index >= 15 is 0 Å². The lowest BCUT2D eigenvalue weighted by molar-refractivity contribution is 0.894. The van der Waals surface area contributed by atoms with Gasteiger partial charge in [-0.3, -0.25) is 0 Å². The van der Waals surface area contributed by atoms with E-state index in [4.69, 9.17) is 23.8 Å². The van der Waals surface area contributed by atoms with Crippen LogP contribution in [-0.2, 0) is 0 Å². The number of pyridine rings is 1. The van der Waals surface area contributed by atoms with Crippen LogP contribution in [0.1, 0.15) is 6.92 Å². The molecule has 0 saturated carbocycles. The van der Waals surface area contributed by atoms with Crippen LogP contribution in [0.4, 0.5) is 11.5 Å². The average Bonchev–Trinajstić information content (AvgIpc) is 2.12. The summed E-state index contributed by atoms with van der Waals surface area (Å²) in [6, 6.07) is 3.36. The molecule has 0 saturated heterocycles. The highest BCUT2D eigenvalue weighted by molar-refractivity contribution is 6.29. The molecule has 0 aliphatic carbocycles. The lowest BCUT2D eigenvalue weighted by Gasteiger charge is -2.19. The Bertz CT molecular complexity index is 337. The van der Waals surface area contributed by atoms with Crippen molar-refractivity contribution in [3.63, 3.8) is 0 Å². The molecule has 1 rings (SSSR count). The fraction of sp³-hybridized carbons (Fsp3) is 0.300. The minimum atomic E-state index is 0.385. The van der Waals surface area contributed by atoms with Gasteiger partial charge in [-0.1, -0.05) is 17.5 Å². The lowest BCUT2D eigenvalue weighted by Crippen LogP contribution is -2.24. The Labute approximate surface area is 88.9 Å². The van der Waals surface area contributed by atoms with Crippen molar-refractivity contribution in [1.82, 2.24) is 4.98 Å². The van der Waals surface area contributed by atoms with Crippen LogP contribution < -0.4 is 10.6 Å². The number of nitrogens with zero attached hydrogens (tertiary/aromatic N) is 2. The number of anilines is 2. The van der Waals surface area contributed by atoms with Gasteiger partial charge in [-0.15, -0.1) is 6.42 Å². The molecule has 1 aromatic heterocycles. The lowest BCUT2D eigenvalue weighted by atomic mass is 10.3. The van der Waals surface area contributed by atoms with Crippen LogP contribution in [0, 0.1) is 12.3 Å². The molecule has 0 fully saturated rings. The Morgan fingerprint density at radius 3 is 2.86 bits per heavy atom. The van der Waals surface area contributed by atoms with E-state index < -0.39 is 0 Å². The van der Waals surface area contributed by atoms with Crippen molar-refractivity contribution < 1.29 is 0 Å². The molecule has 0 aromatic carbocycles. The van der Waals surface area contributed by atoms with Crippen molar-refractivity contribution in [3.05, 3.63) is 17.3 Å². The van der Waals surface area contributed by atoms with Crippen molar-refractivity contribution in [1.29, 1.82) is 0 Å². The van der Waals surface area contributed by atoms with E-state index in [1.165, 1.54) is 0 Å². The highest BCUT2D eigenvalue weighted by Crippen LogP contribution is 2.18. The molecule has 0 aliphatic heterocycles. The van der Waals surface area contributed by atoms with Gasteiger partial charge in [0.2, 0.25) is 0 Å². The molecular weight excluding hydrogens is 198 g/mol. The van der Waals surface area contributed by atoms with Gasteiger partial charge in [0.05, 0.1) is 6.54 Å². The molecule has 0 atom stereocenters. The van der Waals surface area contributed by atoms with Gasteiger partial charge < -0.3 is 10.6 Å². The summed E-state index contributed by atoms with van der Waals surface area (Å²) in [5.41, 5.74) is 6.24. The predicted molar refractivity (Wildman–Crippen MR) is 60.4 cm³/mol. The summed E-state index contributed by atoms with van der Waals surface area (Å²) >= 11 is 5.78. The topological polar surface area (TPSA) is 42.1 Å². The highest BCUT2D eigenvalue weighted by Gasteiger charge is 2.05. The Kier molecular flexibility index (Phi) is 3.61. The minimum Gasteiger partial charge on any atom is -0.399 e. The van der Waals surface area contributed by atoms with Gasteiger partial charge in [-0.05, 0) is 13.0 Å². The first-order valence-corrected chi connectivity index (χ1v) is 4.66. The van der Waals surface area contributed by atoms with Crippen LogP contribution in [0.3, 0.4) is 0 Å². The van der Waals surface area contributed by atoms with Gasteiger partial charge in [0.25, 0.3) is 0 Å². The number of rotatable bonds is 3. The summed E-state index contributed by atoms with van der Waals surface area (Å²) in [5, 5.41) is 0.385. The normalized spacial score (nSPS) is 9.50. The quantitative estimate of drug-likeness (QED) is 0.610. The van der Waals surface area contributed by atoms with E-state index in [1.807, 2.05) is 11.8 Å². The van der Waals surface area contributed by atoms with Gasteiger partial charge in [0.1, 0.15) is 11.0 Å². The van der Waals surface area contributed by atoms with Gasteiger partial charge in [-0.2, -0.15) is 0 Å². The number of halogens is 1. The van der Waals surface area contributed by atoms with Crippen LogP contribution in [0.25, 0.3) is 0 Å². The smallest absolute Gasteiger partial charge is 0.133 e. The zero-order valence-electron chi connectivity index (χ0n) is 8.00. The van der Waals surface area contributed by atoms with Gasteiger partial charge in [-0.25, -0.2) is 4.98 Å². The van der Waals surface area contributed by atoms with Crippen LogP contribution >= 0.6 is 11.6 Å². The fourth-order valence-corrected chi connectivity index (χ4v) is 1.34. The zero-order valence-corrected chi connectivity index (χ0v) is 8.75. The Morgan fingerprint density at radius 2 is 2.36 bits per heavy atom. The largest absolute Gasteiger partial charge is 0.399 e. The van der Waals surface area contributed by atoms with Crippen molar-refractivity contribution in [2.24, 2.45) is 0 Å². The monoisotopic (exact) mass is 209 g/mol. The van der Waals surface area contributed by atoms with E-state index in [2.05, 4.69) is 10.9 Å². The molecule has 1 heterocycles. The predicted octanol–water partition coefficient (Wildman–Crippen LogP) is 1.78. The van der Waals surface area contributed by atoms with E-state index in [9.17, 15) is 0 Å². The third-order valence-electron chi connectivity index (χ3n) is 1.79. The second-order valence-corrected chi connectivity index (χ2v) is 3.19. The van der Waals surface area contributed by atoms with Crippen molar-refractivity contribution >= 4 is 23.1 Å². The second-order valence-electron chi connectivity index (χ2n) is 2.80. The van der Waals surface area contributed by atoms with Gasteiger partial charge in [0, 0.05) is 18.3 Å². The molecule has 74 valence electrons. The summed E-state index contributed by atoms with van der Waals surface area (Å²) < 4.78 is 0. The molecule has 0 unspecified atom stereocenters. The first-order valence-electron chi connectivity index (χ1n) is 4.28. The number of nitrogens with two attached hydrogens (primary N) is 1. The Morgan fingerprint density at radius 1 is 1.64 bits per heavy atom. The molecule has 3 nitrogen and oxygen atoms in total. The Balaban J connectivity index is 2.98. The maximum atomic E-state index is 5.78. The number of nitrogen functional groups attached to an aromatic ring is 1. The molecular formula is C10H12ClN3. The number of hydrogen-bond donors (Lipinski definition) is 1. The van der Waals surface area contributed by atoms with Gasteiger partial charge in [0.15, 0.2) is 0 Å². The highest BCUT2D eigenvalue weighted by atomic mass is 35.5. The summed E-state index contributed by atoms with van der Waals surface area (Å²) in [5.74, 6) is 3.28. The first kappa shape index (κ1) is 10.7. The molecule has 0 radical (unpaired) electrons. The molecule has 0 amide bonds. The molecule has 14 heavy (non-hydrogen) atoms. The van der Waals surface area contributed by atoms with E-state index in [1.54, 1.807) is 12.1 Å². The minimum absolute atomic E-state index is 0.385. The summed E-state index contributed by atoms with van der Waals surface area (Å²) in [6.45, 7) is 3.27. The van der Waals surface area contributed by atoms with E-state index in [-0.39, 0.29) is 0 Å². The summed E-state index contributed by atoms with van der Waals surface area (Å²) in [7, 11) is 0. The SMILES string of the molecule is C#CCN(CC)c1cc(N)cc(Cl)n1. The number of aromatic nitrogens is 1. The standard InChI is InChI=1S/C10H12ClN3/c1-3-5-14(4-2)10-7-8(12)6-9(11)13-10/h1,6-7H,4-5H2,2H3,(H2,12,13). The van der Waals surface area contributed by atoms with Gasteiger partial charge >= 0.3 is 0 Å². The molecule has 0 bridgehead atoms. The average molecular weight is 210 g/mol. The van der Waals surface area contributed by atoms with Crippen LogP contribution in [0.5, 0.6) is 0 Å². The first-order chi connectivity index (χ1) is 6.67. The third-order valence-corrected chi connectivity index (χ3v) is 1.98. The van der Waals surface area contributed by atoms with Crippen molar-refractivity contribution in [3.8, 4) is 12.3 Å². The molecule has 0 aliphatic rings. The summed E-state index contributed by atoms with van der Waals surface area (Å²) in [6.07, 6.45) is 5.23. The zero-order chi connectivity index (χ0) is 10.6. The maximum absolute atomic E-state index is 5.78. The van der Waals surface area contributed by atoms with Crippen LogP contribution in [-0.4, -0.2) is 18.1 Å². The van der Waals surface area contributed by atoms with Crippen molar-refractivity contribution in [2.75, 3.05) is 23.7 Å². The maximum Gasteiger partial charge on any atom is 0.133 e. The number of terminal acetylenes is 1. The molecule has 1 aromatic rings. The molecule has 4 heteroatoms. The third kappa shape index (κ3) is 2.54. The van der Waals surface area contributed by atoms with E-state index in [0.29, 0.717) is 17.4 Å². The van der Waals surface area contributed by atoms with Crippen LogP contribution in [0.2, 0.25) is 5.15 Å². The Hall–Kier alpha value is -1.40. The second kappa shape index (κ2) is 4.73. The number of hydrogen-bond acceptors (Lipinski definition) is 3. The fourth-order valence-electron chi connectivity index (χ4n) is 1.13.